The van der Waals surface area contributed by atoms with Crippen molar-refractivity contribution in [2.45, 2.75) is 79.1 Å². The van der Waals surface area contributed by atoms with Crippen molar-refractivity contribution >= 4 is 35.2 Å². The second-order valence-corrected chi connectivity index (χ2v) is 13.2. The van der Waals surface area contributed by atoms with Crippen molar-refractivity contribution in [3.63, 3.8) is 0 Å². The molecule has 2 aromatic carbocycles. The van der Waals surface area contributed by atoms with Gasteiger partial charge in [0.2, 0.25) is 11.8 Å². The van der Waals surface area contributed by atoms with Gasteiger partial charge in [0.15, 0.2) is 0 Å². The van der Waals surface area contributed by atoms with Crippen LogP contribution in [0.5, 0.6) is 0 Å². The average molecular weight is 621 g/mol. The van der Waals surface area contributed by atoms with Crippen LogP contribution in [0.3, 0.4) is 0 Å². The van der Waals surface area contributed by atoms with Gasteiger partial charge in [0.25, 0.3) is 5.91 Å². The van der Waals surface area contributed by atoms with E-state index < -0.39 is 11.7 Å². The van der Waals surface area contributed by atoms with Crippen molar-refractivity contribution < 1.29 is 23.9 Å². The number of amides is 4. The first-order valence-corrected chi connectivity index (χ1v) is 15.6. The van der Waals surface area contributed by atoms with E-state index in [2.05, 4.69) is 17.4 Å². The summed E-state index contributed by atoms with van der Waals surface area (Å²) in [5, 5.41) is 6.58. The molecule has 0 spiro atoms. The Hall–Kier alpha value is -4.12. The van der Waals surface area contributed by atoms with Gasteiger partial charge in [0.05, 0.1) is 13.1 Å². The highest BCUT2D eigenvalue weighted by molar-refractivity contribution is 5.97. The number of hydrogen-bond donors (Lipinski definition) is 1. The fourth-order valence-electron chi connectivity index (χ4n) is 5.72. The van der Waals surface area contributed by atoms with E-state index in [1.165, 1.54) is 11.1 Å². The number of aryl methyl sites for hydroxylation is 2. The Kier molecular flexibility index (Phi) is 10.4. The molecule has 2 heterocycles. The Labute approximate surface area is 267 Å². The number of hydrogen-bond acceptors (Lipinski definition) is 7. The molecule has 1 N–H and O–H groups in total. The first kappa shape index (κ1) is 33.8. The highest BCUT2D eigenvalue weighted by Crippen LogP contribution is 2.34. The molecule has 0 saturated carbocycles. The first-order valence-electron chi connectivity index (χ1n) is 15.6. The smallest absolute Gasteiger partial charge is 0.410 e. The predicted octanol–water partition coefficient (Wildman–Crippen LogP) is 3.86. The van der Waals surface area contributed by atoms with Crippen LogP contribution in [0, 0.1) is 6.92 Å². The lowest BCUT2D eigenvalue weighted by atomic mass is 9.98. The van der Waals surface area contributed by atoms with E-state index in [0.717, 1.165) is 22.5 Å². The van der Waals surface area contributed by atoms with E-state index in [9.17, 15) is 19.2 Å². The zero-order valence-corrected chi connectivity index (χ0v) is 28.0. The standard InChI is InChI=1S/C34H48N6O5/c1-23(2)40(33(44)45-34(4,5)6)16-15-35-30(41)21-38(28-18-25-13-14-31(42)36(7)29(25)17-24(28)3)22-32(43)37(8)39-19-26-11-9-10-12-27(26)20-39/h9-12,17-18,23H,13-16,19-22H2,1-8H3,(H,35,41). The van der Waals surface area contributed by atoms with Crippen LogP contribution in [0.15, 0.2) is 36.4 Å². The maximum atomic E-state index is 13.7. The van der Waals surface area contributed by atoms with Gasteiger partial charge >= 0.3 is 6.09 Å². The lowest BCUT2D eigenvalue weighted by Gasteiger charge is -2.33. The number of carbonyl (C=O) groups excluding carboxylic acids is 4. The third-order valence-corrected chi connectivity index (χ3v) is 8.28. The Morgan fingerprint density at radius 2 is 1.64 bits per heavy atom. The molecule has 4 amide bonds. The number of fused-ring (bicyclic) bond motifs is 2. The van der Waals surface area contributed by atoms with Crippen molar-refractivity contribution in [3.05, 3.63) is 58.7 Å². The van der Waals surface area contributed by atoms with Crippen LogP contribution in [0.2, 0.25) is 0 Å². The second-order valence-electron chi connectivity index (χ2n) is 13.2. The third kappa shape index (κ3) is 8.33. The Balaban J connectivity index is 1.49. The van der Waals surface area contributed by atoms with E-state index >= 15 is 0 Å². The summed E-state index contributed by atoms with van der Waals surface area (Å²) in [6.45, 7) is 12.9. The average Bonchev–Trinajstić information content (AvgIpc) is 3.40. The summed E-state index contributed by atoms with van der Waals surface area (Å²) in [4.78, 5) is 57.2. The molecule has 0 unspecified atom stereocenters. The van der Waals surface area contributed by atoms with E-state index in [0.29, 0.717) is 25.9 Å². The Morgan fingerprint density at radius 3 is 2.24 bits per heavy atom. The maximum absolute atomic E-state index is 13.7. The SMILES string of the molecule is Cc1cc2c(cc1N(CC(=O)NCCN(C(=O)OC(C)(C)C)C(C)C)CC(=O)N(C)N1Cc3ccccc3C1)CCC(=O)N2C. The zero-order valence-electron chi connectivity index (χ0n) is 28.0. The summed E-state index contributed by atoms with van der Waals surface area (Å²) in [6.07, 6.45) is 0.578. The summed E-state index contributed by atoms with van der Waals surface area (Å²) in [5.41, 5.74) is 5.26. The zero-order chi connectivity index (χ0) is 33.1. The Bertz CT molecular complexity index is 1410. The number of carbonyl (C=O) groups is 4. The van der Waals surface area contributed by atoms with Crippen molar-refractivity contribution in [1.82, 2.24) is 20.2 Å². The summed E-state index contributed by atoms with van der Waals surface area (Å²) >= 11 is 0. The number of nitrogens with one attached hydrogen (secondary N) is 1. The summed E-state index contributed by atoms with van der Waals surface area (Å²) in [6, 6.07) is 12.0. The molecule has 2 aliphatic rings. The van der Waals surface area contributed by atoms with Crippen molar-refractivity contribution in [1.29, 1.82) is 0 Å². The molecule has 0 bridgehead atoms. The quantitative estimate of drug-likeness (QED) is 0.430. The van der Waals surface area contributed by atoms with Gasteiger partial charge in [-0.25, -0.2) is 9.80 Å². The number of benzene rings is 2. The van der Waals surface area contributed by atoms with Crippen LogP contribution in [0.25, 0.3) is 0 Å². The molecule has 244 valence electrons. The van der Waals surface area contributed by atoms with E-state index in [-0.39, 0.29) is 49.9 Å². The highest BCUT2D eigenvalue weighted by Gasteiger charge is 2.29. The number of ether oxygens (including phenoxy) is 1. The van der Waals surface area contributed by atoms with Crippen molar-refractivity contribution in [2.75, 3.05) is 50.1 Å². The number of rotatable bonds is 10. The molecular formula is C34H48N6O5. The summed E-state index contributed by atoms with van der Waals surface area (Å²) in [5.74, 6) is -0.344. The molecule has 0 aliphatic carbocycles. The first-order chi connectivity index (χ1) is 21.1. The molecule has 11 heteroatoms. The Morgan fingerprint density at radius 1 is 1.00 bits per heavy atom. The van der Waals surface area contributed by atoms with Gasteiger partial charge in [-0.3, -0.25) is 19.4 Å². The highest BCUT2D eigenvalue weighted by atomic mass is 16.6. The minimum Gasteiger partial charge on any atom is -0.444 e. The van der Waals surface area contributed by atoms with Gasteiger partial charge in [-0.15, -0.1) is 0 Å². The molecule has 0 aromatic heterocycles. The normalized spacial score (nSPS) is 14.6. The summed E-state index contributed by atoms with van der Waals surface area (Å²) < 4.78 is 5.54. The lowest BCUT2D eigenvalue weighted by Crippen LogP contribution is -2.49. The number of hydrazine groups is 1. The molecule has 2 aliphatic heterocycles. The van der Waals surface area contributed by atoms with Crippen LogP contribution >= 0.6 is 0 Å². The van der Waals surface area contributed by atoms with Crippen molar-refractivity contribution in [2.24, 2.45) is 0 Å². The summed E-state index contributed by atoms with van der Waals surface area (Å²) in [7, 11) is 3.54. The lowest BCUT2D eigenvalue weighted by molar-refractivity contribution is -0.145. The van der Waals surface area contributed by atoms with Gasteiger partial charge in [0, 0.05) is 64.1 Å². The number of likely N-dealkylation sites (N-methyl/N-ethyl adjacent to an activating group) is 1. The molecule has 4 rings (SSSR count). The van der Waals surface area contributed by atoms with Gasteiger partial charge in [-0.05, 0) is 82.3 Å². The van der Waals surface area contributed by atoms with Crippen LogP contribution in [0.4, 0.5) is 16.2 Å². The fourth-order valence-corrected chi connectivity index (χ4v) is 5.72. The van der Waals surface area contributed by atoms with Gasteiger partial charge in [-0.1, -0.05) is 24.3 Å². The monoisotopic (exact) mass is 620 g/mol. The van der Waals surface area contributed by atoms with Crippen LogP contribution in [-0.4, -0.2) is 90.6 Å². The number of anilines is 2. The van der Waals surface area contributed by atoms with E-state index in [4.69, 9.17) is 4.74 Å². The number of nitrogens with zero attached hydrogens (tertiary/aromatic N) is 5. The third-order valence-electron chi connectivity index (χ3n) is 8.28. The van der Waals surface area contributed by atoms with Crippen LogP contribution < -0.4 is 15.1 Å². The molecule has 0 fully saturated rings. The maximum Gasteiger partial charge on any atom is 0.410 e. The second kappa shape index (κ2) is 13.9. The molecule has 2 aromatic rings. The topological polar surface area (TPSA) is 106 Å². The van der Waals surface area contributed by atoms with Crippen LogP contribution in [0.1, 0.15) is 63.3 Å². The molecule has 0 radical (unpaired) electrons. The minimum atomic E-state index is -0.625. The molecule has 11 nitrogen and oxygen atoms in total. The minimum absolute atomic E-state index is 0.0127. The van der Waals surface area contributed by atoms with Gasteiger partial charge in [-0.2, -0.15) is 0 Å². The predicted molar refractivity (Wildman–Crippen MR) is 175 cm³/mol. The van der Waals surface area contributed by atoms with Crippen LogP contribution in [-0.2, 0) is 38.6 Å². The molecule has 0 atom stereocenters. The largest absolute Gasteiger partial charge is 0.444 e. The van der Waals surface area contributed by atoms with E-state index in [1.807, 2.05) is 70.8 Å². The molecule has 0 saturated heterocycles. The fraction of sp³-hybridized carbons (Fsp3) is 0.529. The van der Waals surface area contributed by atoms with Gasteiger partial charge < -0.3 is 24.8 Å². The molecular weight excluding hydrogens is 572 g/mol. The van der Waals surface area contributed by atoms with Gasteiger partial charge in [0.1, 0.15) is 5.60 Å². The van der Waals surface area contributed by atoms with E-state index in [1.54, 1.807) is 33.8 Å². The van der Waals surface area contributed by atoms with Crippen molar-refractivity contribution in [3.8, 4) is 0 Å². The molecule has 45 heavy (non-hydrogen) atoms.